The van der Waals surface area contributed by atoms with Crippen molar-refractivity contribution in [3.8, 4) is 0 Å². The van der Waals surface area contributed by atoms with Crippen LogP contribution >= 0.6 is 0 Å². The first-order chi connectivity index (χ1) is 8.22. The smallest absolute Gasteiger partial charge is 0.123 e. The van der Waals surface area contributed by atoms with Gasteiger partial charge in [-0.25, -0.2) is 4.39 Å². The molecular weight excluding hydrogens is 217 g/mol. The first-order valence-electron chi connectivity index (χ1n) is 5.58. The van der Waals surface area contributed by atoms with Gasteiger partial charge in [-0.15, -0.1) is 0 Å². The fourth-order valence-corrected chi connectivity index (χ4v) is 1.86. The van der Waals surface area contributed by atoms with Crippen LogP contribution in [0.2, 0.25) is 0 Å². The lowest BCUT2D eigenvalue weighted by Gasteiger charge is -2.14. The molecule has 0 saturated carbocycles. The molecule has 0 bridgehead atoms. The summed E-state index contributed by atoms with van der Waals surface area (Å²) in [5.41, 5.74) is 2.32. The molecule has 17 heavy (non-hydrogen) atoms. The molecule has 1 atom stereocenters. The molecule has 0 aliphatic rings. The minimum absolute atomic E-state index is 0.339. The first-order valence-corrected chi connectivity index (χ1v) is 5.58. The van der Waals surface area contributed by atoms with Crippen LogP contribution < -0.4 is 0 Å². The summed E-state index contributed by atoms with van der Waals surface area (Å²) in [5, 5.41) is 10.2. The van der Waals surface area contributed by atoms with Crippen molar-refractivity contribution in [2.24, 2.45) is 0 Å². The Balaban J connectivity index is 2.40. The van der Waals surface area contributed by atoms with Crippen LogP contribution in [-0.4, -0.2) is 10.1 Å². The minimum Gasteiger partial charge on any atom is -0.384 e. The third-order valence-electron chi connectivity index (χ3n) is 2.78. The molecule has 0 radical (unpaired) electrons. The van der Waals surface area contributed by atoms with Crippen LogP contribution in [0.4, 0.5) is 4.39 Å². The lowest BCUT2D eigenvalue weighted by molar-refractivity contribution is 0.218. The number of hydrogen-bond acceptors (Lipinski definition) is 2. The maximum atomic E-state index is 13.1. The van der Waals surface area contributed by atoms with Crippen molar-refractivity contribution < 1.29 is 9.50 Å². The summed E-state index contributed by atoms with van der Waals surface area (Å²) in [6.45, 7) is 2.00. The highest BCUT2D eigenvalue weighted by Crippen LogP contribution is 2.25. The molecule has 1 aromatic heterocycles. The number of aliphatic hydroxyl groups is 1. The average Bonchev–Trinajstić information content (AvgIpc) is 2.38. The van der Waals surface area contributed by atoms with Gasteiger partial charge in [-0.3, -0.25) is 4.98 Å². The molecule has 0 aliphatic heterocycles. The third-order valence-corrected chi connectivity index (χ3v) is 2.78. The maximum Gasteiger partial charge on any atom is 0.123 e. The van der Waals surface area contributed by atoms with Crippen molar-refractivity contribution in [1.29, 1.82) is 0 Å². The van der Waals surface area contributed by atoms with Crippen LogP contribution in [0, 0.1) is 5.82 Å². The van der Waals surface area contributed by atoms with E-state index < -0.39 is 6.10 Å². The molecule has 2 aromatic rings. The number of halogens is 1. The second-order valence-corrected chi connectivity index (χ2v) is 3.89. The summed E-state index contributed by atoms with van der Waals surface area (Å²) in [5.74, 6) is -0.339. The number of hydrogen-bond donors (Lipinski definition) is 1. The fourth-order valence-electron chi connectivity index (χ4n) is 1.86. The van der Waals surface area contributed by atoms with Gasteiger partial charge >= 0.3 is 0 Å². The lowest BCUT2D eigenvalue weighted by atomic mass is 9.97. The van der Waals surface area contributed by atoms with Gasteiger partial charge in [0.15, 0.2) is 0 Å². The predicted molar refractivity (Wildman–Crippen MR) is 64.1 cm³/mol. The standard InChI is InChI=1S/C14H14FNO/c1-2-10-9-16-7-6-13(10)14(17)11-4-3-5-12(15)8-11/h3-9,14,17H,2H2,1H3. The molecule has 0 spiro atoms. The topological polar surface area (TPSA) is 33.1 Å². The molecule has 3 heteroatoms. The Morgan fingerprint density at radius 1 is 1.35 bits per heavy atom. The van der Waals surface area contributed by atoms with Crippen molar-refractivity contribution in [2.75, 3.05) is 0 Å². The Hall–Kier alpha value is -1.74. The quantitative estimate of drug-likeness (QED) is 0.881. The van der Waals surface area contributed by atoms with E-state index in [0.29, 0.717) is 5.56 Å². The molecule has 1 heterocycles. The molecule has 0 saturated heterocycles. The second kappa shape index (κ2) is 5.06. The number of rotatable bonds is 3. The van der Waals surface area contributed by atoms with E-state index in [-0.39, 0.29) is 5.82 Å². The highest BCUT2D eigenvalue weighted by Gasteiger charge is 2.14. The molecule has 0 fully saturated rings. The predicted octanol–water partition coefficient (Wildman–Crippen LogP) is 2.86. The number of nitrogens with zero attached hydrogens (tertiary/aromatic N) is 1. The van der Waals surface area contributed by atoms with Gasteiger partial charge in [0, 0.05) is 12.4 Å². The molecule has 0 amide bonds. The van der Waals surface area contributed by atoms with Crippen LogP contribution in [0.15, 0.2) is 42.7 Å². The first kappa shape index (κ1) is 11.7. The number of benzene rings is 1. The average molecular weight is 231 g/mol. The number of pyridine rings is 1. The van der Waals surface area contributed by atoms with E-state index in [2.05, 4.69) is 4.98 Å². The van der Waals surface area contributed by atoms with Crippen LogP contribution in [0.25, 0.3) is 0 Å². The van der Waals surface area contributed by atoms with Gasteiger partial charge < -0.3 is 5.11 Å². The van der Waals surface area contributed by atoms with Gasteiger partial charge in [-0.05, 0) is 41.3 Å². The van der Waals surface area contributed by atoms with E-state index in [4.69, 9.17) is 0 Å². The molecule has 1 unspecified atom stereocenters. The van der Waals surface area contributed by atoms with E-state index in [1.807, 2.05) is 6.92 Å². The number of aryl methyl sites for hydroxylation is 1. The third kappa shape index (κ3) is 2.50. The zero-order chi connectivity index (χ0) is 12.3. The summed E-state index contributed by atoms with van der Waals surface area (Å²) < 4.78 is 13.1. The maximum absolute atomic E-state index is 13.1. The summed E-state index contributed by atoms with van der Waals surface area (Å²) >= 11 is 0. The van der Waals surface area contributed by atoms with Crippen LogP contribution in [0.5, 0.6) is 0 Å². The molecule has 1 N–H and O–H groups in total. The Labute approximate surface area is 99.8 Å². The molecular formula is C14H14FNO. The zero-order valence-electron chi connectivity index (χ0n) is 9.60. The largest absolute Gasteiger partial charge is 0.384 e. The van der Waals surface area contributed by atoms with Crippen molar-refractivity contribution in [2.45, 2.75) is 19.4 Å². The van der Waals surface area contributed by atoms with Crippen molar-refractivity contribution in [3.05, 3.63) is 65.2 Å². The van der Waals surface area contributed by atoms with E-state index in [1.54, 1.807) is 30.6 Å². The van der Waals surface area contributed by atoms with Crippen LogP contribution in [-0.2, 0) is 6.42 Å². The number of aromatic nitrogens is 1. The zero-order valence-corrected chi connectivity index (χ0v) is 9.60. The van der Waals surface area contributed by atoms with Gasteiger partial charge in [0.25, 0.3) is 0 Å². The van der Waals surface area contributed by atoms with Crippen molar-refractivity contribution in [3.63, 3.8) is 0 Å². The summed E-state index contributed by atoms with van der Waals surface area (Å²) in [6.07, 6.45) is 3.35. The highest BCUT2D eigenvalue weighted by molar-refractivity contribution is 5.34. The Bertz CT molecular complexity index is 513. The van der Waals surface area contributed by atoms with Crippen molar-refractivity contribution >= 4 is 0 Å². The fraction of sp³-hybridized carbons (Fsp3) is 0.214. The molecule has 2 rings (SSSR count). The van der Waals surface area contributed by atoms with Gasteiger partial charge in [-0.2, -0.15) is 0 Å². The monoisotopic (exact) mass is 231 g/mol. The number of aliphatic hydroxyl groups excluding tert-OH is 1. The summed E-state index contributed by atoms with van der Waals surface area (Å²) in [7, 11) is 0. The van der Waals surface area contributed by atoms with Gasteiger partial charge in [-0.1, -0.05) is 19.1 Å². The van der Waals surface area contributed by atoms with Gasteiger partial charge in [0.2, 0.25) is 0 Å². The Morgan fingerprint density at radius 2 is 2.18 bits per heavy atom. The van der Waals surface area contributed by atoms with Gasteiger partial charge in [0.05, 0.1) is 0 Å². The summed E-state index contributed by atoms with van der Waals surface area (Å²) in [6, 6.07) is 7.80. The second-order valence-electron chi connectivity index (χ2n) is 3.89. The highest BCUT2D eigenvalue weighted by atomic mass is 19.1. The lowest BCUT2D eigenvalue weighted by Crippen LogP contribution is -2.04. The molecule has 2 nitrogen and oxygen atoms in total. The molecule has 88 valence electrons. The van der Waals surface area contributed by atoms with E-state index in [9.17, 15) is 9.50 Å². The van der Waals surface area contributed by atoms with Crippen LogP contribution in [0.1, 0.15) is 29.7 Å². The summed E-state index contributed by atoms with van der Waals surface area (Å²) in [4.78, 5) is 4.02. The minimum atomic E-state index is -0.802. The van der Waals surface area contributed by atoms with E-state index >= 15 is 0 Å². The molecule has 0 aliphatic carbocycles. The Morgan fingerprint density at radius 3 is 2.88 bits per heavy atom. The van der Waals surface area contributed by atoms with E-state index in [1.165, 1.54) is 12.1 Å². The van der Waals surface area contributed by atoms with Crippen LogP contribution in [0.3, 0.4) is 0 Å². The van der Waals surface area contributed by atoms with Gasteiger partial charge in [0.1, 0.15) is 11.9 Å². The Kier molecular flexibility index (Phi) is 3.49. The SMILES string of the molecule is CCc1cnccc1C(O)c1cccc(F)c1. The van der Waals surface area contributed by atoms with Crippen molar-refractivity contribution in [1.82, 2.24) is 4.98 Å². The molecule has 1 aromatic carbocycles. The normalized spacial score (nSPS) is 12.4. The van der Waals surface area contributed by atoms with E-state index in [0.717, 1.165) is 17.5 Å².